The molecule has 0 aromatic carbocycles. The predicted molar refractivity (Wildman–Crippen MR) is 79.7 cm³/mol. The lowest BCUT2D eigenvalue weighted by molar-refractivity contribution is 1.60. The van der Waals surface area contributed by atoms with Crippen LogP contribution in [0.15, 0.2) is 0 Å². The van der Waals surface area contributed by atoms with Crippen molar-refractivity contribution in [1.82, 2.24) is 0 Å². The fourth-order valence-electron chi connectivity index (χ4n) is 3.02. The van der Waals surface area contributed by atoms with Gasteiger partial charge in [0, 0.05) is 0 Å². The van der Waals surface area contributed by atoms with E-state index in [1.54, 1.807) is 0 Å². The zero-order chi connectivity index (χ0) is 12.0. The summed E-state index contributed by atoms with van der Waals surface area (Å²) in [6.45, 7) is 21.9. The fourth-order valence-corrected chi connectivity index (χ4v) is 81.5. The summed E-state index contributed by atoms with van der Waals surface area (Å²) in [4.78, 5) is 0. The average molecular weight is 266 g/mol. The van der Waals surface area contributed by atoms with Crippen LogP contribution in [0.3, 0.4) is 0 Å². The molecule has 5 heteroatoms. The second kappa shape index (κ2) is 3.72. The van der Waals surface area contributed by atoms with Gasteiger partial charge in [-0.2, -0.15) is 0 Å². The first-order valence-corrected chi connectivity index (χ1v) is 20.2. The van der Waals surface area contributed by atoms with Crippen molar-refractivity contribution in [2.75, 3.05) is 0 Å². The lowest BCUT2D eigenvalue weighted by Gasteiger charge is -2.50. The Morgan fingerprint density at radius 1 is 0.571 bits per heavy atom. The molecule has 0 aromatic rings. The first kappa shape index (κ1) is 14.9. The van der Waals surface area contributed by atoms with Crippen LogP contribution in [0, 0.1) is 5.16 Å². The van der Waals surface area contributed by atoms with E-state index in [2.05, 4.69) is 58.9 Å². The summed E-state index contributed by atoms with van der Waals surface area (Å²) in [6, 6.07) is 0. The summed E-state index contributed by atoms with van der Waals surface area (Å²) in [5.41, 5.74) is -1.35. The smallest absolute Gasteiger partial charge is 0.0834 e. The Hall–Kier alpha value is 0.881. The lowest BCUT2D eigenvalue weighted by Crippen LogP contribution is -2.46. The Morgan fingerprint density at radius 2 is 0.714 bits per heavy atom. The van der Waals surface area contributed by atoms with Crippen molar-refractivity contribution in [3.63, 3.8) is 0 Å². The fraction of sp³-hybridized carbons (Fsp3) is 1.00. The van der Waals surface area contributed by atoms with Gasteiger partial charge in [-0.3, -0.25) is 0 Å². The van der Waals surface area contributed by atoms with E-state index in [0.29, 0.717) is 0 Å². The number of hydrogen-bond donors (Lipinski definition) is 1. The van der Waals surface area contributed by atoms with Crippen LogP contribution in [0.5, 0.6) is 0 Å². The predicted octanol–water partition coefficient (Wildman–Crippen LogP) is 5.27. The standard InChI is InChI=1S/C9H28NPSi3/c1-12(2,3)11(10,13(4,5)6)14(7,8)9/h10H,1-9H3. The maximum atomic E-state index is 9.17. The summed E-state index contributed by atoms with van der Waals surface area (Å²) in [6.07, 6.45) is 0. The van der Waals surface area contributed by atoms with Crippen LogP contribution in [0.25, 0.3) is 0 Å². The molecule has 0 amide bonds. The molecule has 0 spiro atoms. The molecule has 0 saturated carbocycles. The third-order valence-corrected chi connectivity index (χ3v) is 63.4. The second-order valence-corrected chi connectivity index (χ2v) is 43.7. The van der Waals surface area contributed by atoms with E-state index >= 15 is 0 Å². The Balaban J connectivity index is 5.69. The molecular weight excluding hydrogens is 237 g/mol. The van der Waals surface area contributed by atoms with Crippen molar-refractivity contribution in [1.29, 1.82) is 5.16 Å². The van der Waals surface area contributed by atoms with Crippen LogP contribution in [0.1, 0.15) is 0 Å². The summed E-state index contributed by atoms with van der Waals surface area (Å²) in [7, 11) is -3.84. The van der Waals surface area contributed by atoms with Crippen LogP contribution in [0.4, 0.5) is 0 Å². The topological polar surface area (TPSA) is 23.9 Å². The number of nitrogens with one attached hydrogen (secondary N) is 1. The van der Waals surface area contributed by atoms with E-state index in [0.717, 1.165) is 0 Å². The monoisotopic (exact) mass is 265 g/mol. The molecule has 0 unspecified atom stereocenters. The van der Waals surface area contributed by atoms with Crippen molar-refractivity contribution < 1.29 is 0 Å². The van der Waals surface area contributed by atoms with Gasteiger partial charge in [0.05, 0.1) is 23.2 Å². The van der Waals surface area contributed by atoms with Crippen LogP contribution in [-0.2, 0) is 0 Å². The highest BCUT2D eigenvalue weighted by atomic mass is 31.8. The zero-order valence-electron chi connectivity index (χ0n) is 11.4. The van der Waals surface area contributed by atoms with Gasteiger partial charge in [-0.1, -0.05) is 64.6 Å². The van der Waals surface area contributed by atoms with E-state index in [1.807, 2.05) is 0 Å². The molecule has 0 aromatic heterocycles. The van der Waals surface area contributed by atoms with Crippen molar-refractivity contribution in [3.8, 4) is 0 Å². The maximum Gasteiger partial charge on any atom is 0.0834 e. The van der Waals surface area contributed by atoms with E-state index in [-0.39, 0.29) is 0 Å². The minimum absolute atomic E-state index is 1.28. The van der Waals surface area contributed by atoms with Gasteiger partial charge in [0.2, 0.25) is 0 Å². The lowest BCUT2D eigenvalue weighted by atomic mass is 11.8. The van der Waals surface area contributed by atoms with Gasteiger partial charge < -0.3 is 5.16 Å². The van der Waals surface area contributed by atoms with Crippen LogP contribution >= 0.6 is 5.70 Å². The molecule has 0 aliphatic carbocycles. The first-order chi connectivity index (χ1) is 5.75. The highest BCUT2D eigenvalue weighted by molar-refractivity contribution is 8.41. The van der Waals surface area contributed by atoms with Gasteiger partial charge in [-0.25, -0.2) is 0 Å². The minimum atomic E-state index is -1.35. The second-order valence-electron chi connectivity index (χ2n) is 7.18. The quantitative estimate of drug-likeness (QED) is 0.531. The van der Waals surface area contributed by atoms with Crippen molar-refractivity contribution in [2.45, 2.75) is 58.9 Å². The molecule has 0 atom stereocenters. The SMILES string of the molecule is C[Si](C)(C)P(=N)([Si](C)(C)C)[Si](C)(C)C. The van der Waals surface area contributed by atoms with Gasteiger partial charge in [-0.05, 0) is 0 Å². The molecule has 0 aliphatic rings. The highest BCUT2D eigenvalue weighted by Gasteiger charge is 2.51. The largest absolute Gasteiger partial charge is 0.330 e. The third kappa shape index (κ3) is 2.34. The third-order valence-electron chi connectivity index (χ3n) is 3.02. The number of hydrogen-bond acceptors (Lipinski definition) is 1. The number of rotatable bonds is 3. The molecule has 0 rings (SSSR count). The normalized spacial score (nSPS) is 15.8. The van der Waals surface area contributed by atoms with Gasteiger partial charge in [-0.15, -0.1) is 0 Å². The molecule has 0 bridgehead atoms. The molecule has 0 fully saturated rings. The summed E-state index contributed by atoms with van der Waals surface area (Å²) in [5.74, 6) is 0. The van der Waals surface area contributed by atoms with Crippen LogP contribution in [0.2, 0.25) is 58.9 Å². The van der Waals surface area contributed by atoms with Crippen molar-refractivity contribution in [3.05, 3.63) is 0 Å². The van der Waals surface area contributed by atoms with Gasteiger partial charge in [0.25, 0.3) is 0 Å². The molecule has 0 heterocycles. The van der Waals surface area contributed by atoms with Gasteiger partial charge in [0.1, 0.15) is 0 Å². The van der Waals surface area contributed by atoms with Gasteiger partial charge in [0.15, 0.2) is 0 Å². The van der Waals surface area contributed by atoms with E-state index in [9.17, 15) is 5.16 Å². The van der Waals surface area contributed by atoms with Crippen LogP contribution < -0.4 is 0 Å². The molecule has 0 radical (unpaired) electrons. The molecule has 0 saturated heterocycles. The molecule has 86 valence electrons. The Kier molecular flexibility index (Phi) is 3.95. The van der Waals surface area contributed by atoms with Crippen LogP contribution in [-0.4, -0.2) is 23.2 Å². The molecule has 1 nitrogen and oxygen atoms in total. The minimum Gasteiger partial charge on any atom is -0.330 e. The Labute approximate surface area is 93.1 Å². The average Bonchev–Trinajstić information content (AvgIpc) is 1.77. The zero-order valence-corrected chi connectivity index (χ0v) is 15.3. The van der Waals surface area contributed by atoms with E-state index in [4.69, 9.17) is 0 Å². The first-order valence-electron chi connectivity index (χ1n) is 5.39. The molecule has 14 heavy (non-hydrogen) atoms. The van der Waals surface area contributed by atoms with Crippen molar-refractivity contribution >= 4 is 28.9 Å². The van der Waals surface area contributed by atoms with Gasteiger partial charge >= 0.3 is 0 Å². The summed E-state index contributed by atoms with van der Waals surface area (Å²) >= 11 is 0. The highest BCUT2D eigenvalue weighted by Crippen LogP contribution is 2.69. The van der Waals surface area contributed by atoms with E-state index < -0.39 is 28.9 Å². The molecule has 1 N–H and O–H groups in total. The maximum absolute atomic E-state index is 9.17. The molecule has 0 aliphatic heterocycles. The Morgan fingerprint density at radius 3 is 0.714 bits per heavy atom. The Bertz CT molecular complexity index is 212. The molecular formula is C9H28NPSi3. The van der Waals surface area contributed by atoms with E-state index in [1.165, 1.54) is 0 Å². The summed E-state index contributed by atoms with van der Waals surface area (Å²) < 4.78 is 0. The summed E-state index contributed by atoms with van der Waals surface area (Å²) in [5, 5.41) is 9.17. The van der Waals surface area contributed by atoms with Crippen molar-refractivity contribution in [2.24, 2.45) is 0 Å².